The Morgan fingerprint density at radius 3 is 2.45 bits per heavy atom. The summed E-state index contributed by atoms with van der Waals surface area (Å²) in [6, 6.07) is 13.7. The molecule has 0 saturated heterocycles. The fourth-order valence-corrected chi connectivity index (χ4v) is 2.30. The Morgan fingerprint density at radius 1 is 1.20 bits per heavy atom. The monoisotopic (exact) mass is 269 g/mol. The second-order valence-electron chi connectivity index (χ2n) is 5.19. The van der Waals surface area contributed by atoms with E-state index in [9.17, 15) is 4.79 Å². The van der Waals surface area contributed by atoms with Gasteiger partial charge in [0.2, 0.25) is 0 Å². The van der Waals surface area contributed by atoms with Crippen molar-refractivity contribution >= 4 is 5.97 Å². The summed E-state index contributed by atoms with van der Waals surface area (Å²) < 4.78 is 5.01. The molecule has 0 aliphatic heterocycles. The molecule has 0 fully saturated rings. The molecule has 3 heteroatoms. The minimum absolute atomic E-state index is 0.244. The van der Waals surface area contributed by atoms with Gasteiger partial charge in [-0.3, -0.25) is 9.78 Å². The molecular formula is C17H19NO2. The van der Waals surface area contributed by atoms with E-state index in [0.29, 0.717) is 6.42 Å². The maximum absolute atomic E-state index is 12.3. The number of hydrogen-bond acceptors (Lipinski definition) is 3. The number of aryl methyl sites for hydroxylation is 1. The van der Waals surface area contributed by atoms with Crippen molar-refractivity contribution in [3.63, 3.8) is 0 Å². The molecule has 0 aliphatic carbocycles. The van der Waals surface area contributed by atoms with Crippen LogP contribution in [0.2, 0.25) is 0 Å². The SMILES string of the molecule is COC(=O)C(C)(Cc1ccccn1)c1ccc(C)cc1. The number of esters is 1. The number of aromatic nitrogens is 1. The lowest BCUT2D eigenvalue weighted by molar-refractivity contribution is -0.147. The zero-order valence-corrected chi connectivity index (χ0v) is 12.1. The molecule has 1 heterocycles. The maximum atomic E-state index is 12.3. The number of pyridine rings is 1. The normalized spacial score (nSPS) is 13.6. The molecular weight excluding hydrogens is 250 g/mol. The number of carbonyl (C=O) groups is 1. The van der Waals surface area contributed by atoms with Gasteiger partial charge in [-0.25, -0.2) is 0 Å². The number of benzene rings is 1. The molecule has 2 aromatic rings. The van der Waals surface area contributed by atoms with Crippen molar-refractivity contribution in [3.05, 3.63) is 65.5 Å². The summed E-state index contributed by atoms with van der Waals surface area (Å²) in [5, 5.41) is 0. The molecule has 1 unspecified atom stereocenters. The number of ether oxygens (including phenoxy) is 1. The summed E-state index contributed by atoms with van der Waals surface area (Å²) in [6.45, 7) is 3.93. The molecule has 2 rings (SSSR count). The Bertz CT molecular complexity index is 578. The van der Waals surface area contributed by atoms with E-state index in [4.69, 9.17) is 4.74 Å². The van der Waals surface area contributed by atoms with Gasteiger partial charge in [0.15, 0.2) is 0 Å². The van der Waals surface area contributed by atoms with Crippen LogP contribution in [-0.4, -0.2) is 18.1 Å². The van der Waals surface area contributed by atoms with E-state index in [1.54, 1.807) is 6.20 Å². The van der Waals surface area contributed by atoms with Crippen molar-refractivity contribution in [2.75, 3.05) is 7.11 Å². The predicted molar refractivity (Wildman–Crippen MR) is 78.5 cm³/mol. The lowest BCUT2D eigenvalue weighted by Crippen LogP contribution is -2.36. The minimum atomic E-state index is -0.725. The third-order valence-electron chi connectivity index (χ3n) is 3.59. The molecule has 1 atom stereocenters. The van der Waals surface area contributed by atoms with E-state index in [2.05, 4.69) is 4.98 Å². The van der Waals surface area contributed by atoms with Crippen LogP contribution < -0.4 is 0 Å². The second-order valence-corrected chi connectivity index (χ2v) is 5.19. The highest BCUT2D eigenvalue weighted by Crippen LogP contribution is 2.29. The van der Waals surface area contributed by atoms with Gasteiger partial charge in [-0.05, 0) is 31.5 Å². The first-order valence-corrected chi connectivity index (χ1v) is 6.62. The Labute approximate surface area is 119 Å². The fraction of sp³-hybridized carbons (Fsp3) is 0.294. The minimum Gasteiger partial charge on any atom is -0.468 e. The van der Waals surface area contributed by atoms with Crippen LogP contribution in [0.15, 0.2) is 48.7 Å². The summed E-state index contributed by atoms with van der Waals surface area (Å²) >= 11 is 0. The smallest absolute Gasteiger partial charge is 0.316 e. The first kappa shape index (κ1) is 14.3. The number of rotatable bonds is 4. The molecule has 0 radical (unpaired) electrons. The van der Waals surface area contributed by atoms with Crippen LogP contribution in [0.1, 0.15) is 23.7 Å². The zero-order chi connectivity index (χ0) is 14.6. The largest absolute Gasteiger partial charge is 0.468 e. The Kier molecular flexibility index (Phi) is 4.18. The van der Waals surface area contributed by atoms with Gasteiger partial charge in [-0.15, -0.1) is 0 Å². The molecule has 0 bridgehead atoms. The summed E-state index contributed by atoms with van der Waals surface area (Å²) in [7, 11) is 1.42. The molecule has 0 saturated carbocycles. The van der Waals surface area contributed by atoms with Crippen LogP contribution in [0, 0.1) is 6.92 Å². The van der Waals surface area contributed by atoms with Crippen LogP contribution >= 0.6 is 0 Å². The predicted octanol–water partition coefficient (Wildman–Crippen LogP) is 3.06. The third-order valence-corrected chi connectivity index (χ3v) is 3.59. The van der Waals surface area contributed by atoms with Gasteiger partial charge in [-0.1, -0.05) is 35.9 Å². The summed E-state index contributed by atoms with van der Waals surface area (Å²) in [4.78, 5) is 16.6. The summed E-state index contributed by atoms with van der Waals surface area (Å²) in [5.41, 5.74) is 2.26. The maximum Gasteiger partial charge on any atom is 0.316 e. The lowest BCUT2D eigenvalue weighted by atomic mass is 9.78. The molecule has 0 spiro atoms. The number of hydrogen-bond donors (Lipinski definition) is 0. The van der Waals surface area contributed by atoms with Gasteiger partial charge in [0, 0.05) is 18.3 Å². The molecule has 1 aromatic heterocycles. The highest BCUT2D eigenvalue weighted by Gasteiger charge is 2.36. The van der Waals surface area contributed by atoms with Gasteiger partial charge in [0.1, 0.15) is 0 Å². The molecule has 20 heavy (non-hydrogen) atoms. The van der Waals surface area contributed by atoms with Crippen LogP contribution in [-0.2, 0) is 21.4 Å². The zero-order valence-electron chi connectivity index (χ0n) is 12.1. The van der Waals surface area contributed by atoms with Crippen LogP contribution in [0.4, 0.5) is 0 Å². The van der Waals surface area contributed by atoms with Crippen molar-refractivity contribution in [2.24, 2.45) is 0 Å². The van der Waals surface area contributed by atoms with Crippen molar-refractivity contribution in [3.8, 4) is 0 Å². The van der Waals surface area contributed by atoms with Crippen LogP contribution in [0.25, 0.3) is 0 Å². The lowest BCUT2D eigenvalue weighted by Gasteiger charge is -2.27. The van der Waals surface area contributed by atoms with Gasteiger partial charge in [0.25, 0.3) is 0 Å². The van der Waals surface area contributed by atoms with E-state index in [0.717, 1.165) is 11.3 Å². The Morgan fingerprint density at radius 2 is 1.90 bits per heavy atom. The first-order chi connectivity index (χ1) is 9.56. The van der Waals surface area contributed by atoms with E-state index >= 15 is 0 Å². The van der Waals surface area contributed by atoms with Gasteiger partial charge in [0.05, 0.1) is 12.5 Å². The topological polar surface area (TPSA) is 39.2 Å². The molecule has 0 amide bonds. The average Bonchev–Trinajstić information content (AvgIpc) is 2.48. The highest BCUT2D eigenvalue weighted by molar-refractivity contribution is 5.83. The van der Waals surface area contributed by atoms with Gasteiger partial charge in [-0.2, -0.15) is 0 Å². The standard InChI is InChI=1S/C17H19NO2/c1-13-7-9-14(10-8-13)17(2,16(19)20-3)12-15-6-4-5-11-18-15/h4-11H,12H2,1-3H3. The summed E-state index contributed by atoms with van der Waals surface area (Å²) in [5.74, 6) is -0.244. The van der Waals surface area contributed by atoms with E-state index in [1.807, 2.05) is 56.3 Å². The van der Waals surface area contributed by atoms with Crippen molar-refractivity contribution in [1.29, 1.82) is 0 Å². The average molecular weight is 269 g/mol. The second kappa shape index (κ2) is 5.87. The van der Waals surface area contributed by atoms with Crippen molar-refractivity contribution in [2.45, 2.75) is 25.7 Å². The number of methoxy groups -OCH3 is 1. The number of carbonyl (C=O) groups excluding carboxylic acids is 1. The third kappa shape index (κ3) is 2.87. The Balaban J connectivity index is 2.40. The number of nitrogens with zero attached hydrogens (tertiary/aromatic N) is 1. The van der Waals surface area contributed by atoms with Crippen molar-refractivity contribution < 1.29 is 9.53 Å². The molecule has 0 aliphatic rings. The fourth-order valence-electron chi connectivity index (χ4n) is 2.30. The molecule has 3 nitrogen and oxygen atoms in total. The summed E-state index contributed by atoms with van der Waals surface area (Å²) in [6.07, 6.45) is 2.26. The van der Waals surface area contributed by atoms with Gasteiger partial charge >= 0.3 is 5.97 Å². The highest BCUT2D eigenvalue weighted by atomic mass is 16.5. The van der Waals surface area contributed by atoms with Crippen molar-refractivity contribution in [1.82, 2.24) is 4.98 Å². The van der Waals surface area contributed by atoms with Crippen LogP contribution in [0.3, 0.4) is 0 Å². The molecule has 1 aromatic carbocycles. The van der Waals surface area contributed by atoms with Gasteiger partial charge < -0.3 is 4.74 Å². The van der Waals surface area contributed by atoms with Crippen LogP contribution in [0.5, 0.6) is 0 Å². The quantitative estimate of drug-likeness (QED) is 0.801. The first-order valence-electron chi connectivity index (χ1n) is 6.62. The van der Waals surface area contributed by atoms with E-state index in [1.165, 1.54) is 12.7 Å². The van der Waals surface area contributed by atoms with E-state index in [-0.39, 0.29) is 5.97 Å². The molecule has 104 valence electrons. The Hall–Kier alpha value is -2.16. The van der Waals surface area contributed by atoms with E-state index < -0.39 is 5.41 Å². The molecule has 0 N–H and O–H groups in total.